The molecular formula is C18H15O4PS. The Morgan fingerprint density at radius 3 is 1.50 bits per heavy atom. The number of rotatable bonds is 7. The van der Waals surface area contributed by atoms with Crippen molar-refractivity contribution in [3.8, 4) is 11.5 Å². The van der Waals surface area contributed by atoms with Gasteiger partial charge in [-0.15, -0.1) is 0 Å². The zero-order valence-corrected chi connectivity index (χ0v) is 14.4. The van der Waals surface area contributed by atoms with Crippen LogP contribution in [0.1, 0.15) is 0 Å². The first-order valence-corrected chi connectivity index (χ1v) is 9.44. The number of hydrogen-bond acceptors (Lipinski definition) is 5. The van der Waals surface area contributed by atoms with Gasteiger partial charge in [0.15, 0.2) is 0 Å². The minimum atomic E-state index is -3.87. The van der Waals surface area contributed by atoms with Crippen LogP contribution < -0.4 is 9.05 Å². The Hall–Kier alpha value is -2.20. The van der Waals surface area contributed by atoms with E-state index in [9.17, 15) is 4.57 Å². The van der Waals surface area contributed by atoms with Crippen molar-refractivity contribution in [1.29, 1.82) is 0 Å². The molecular weight excluding hydrogens is 343 g/mol. The van der Waals surface area contributed by atoms with Gasteiger partial charge in [0.1, 0.15) is 11.5 Å². The van der Waals surface area contributed by atoms with Crippen molar-refractivity contribution in [2.45, 2.75) is 4.90 Å². The van der Waals surface area contributed by atoms with Gasteiger partial charge in [0.2, 0.25) is 0 Å². The van der Waals surface area contributed by atoms with E-state index in [0.29, 0.717) is 11.5 Å². The molecule has 0 N–H and O–H groups in total. The van der Waals surface area contributed by atoms with Crippen LogP contribution in [0.4, 0.5) is 0 Å². The number of phosphoric acid groups is 1. The molecule has 0 spiro atoms. The molecule has 0 fully saturated rings. The molecule has 3 aromatic carbocycles. The van der Waals surface area contributed by atoms with Gasteiger partial charge in [0, 0.05) is 16.9 Å². The Morgan fingerprint density at radius 1 is 0.625 bits per heavy atom. The molecule has 0 saturated heterocycles. The minimum absolute atomic E-state index is 0.408. The second-order valence-electron chi connectivity index (χ2n) is 4.73. The van der Waals surface area contributed by atoms with E-state index in [1.165, 1.54) is 0 Å². The molecule has 0 saturated carbocycles. The molecule has 6 heteroatoms. The van der Waals surface area contributed by atoms with Gasteiger partial charge in [0.05, 0.1) is 0 Å². The molecule has 0 unspecified atom stereocenters. The molecule has 0 bridgehead atoms. The highest BCUT2D eigenvalue weighted by Crippen LogP contribution is 2.53. The monoisotopic (exact) mass is 358 g/mol. The highest BCUT2D eigenvalue weighted by molar-refractivity contribution is 7.98. The highest BCUT2D eigenvalue weighted by atomic mass is 32.2. The lowest BCUT2D eigenvalue weighted by atomic mass is 10.3. The first-order chi connectivity index (χ1) is 11.7. The van der Waals surface area contributed by atoms with Crippen molar-refractivity contribution >= 4 is 19.9 Å². The fourth-order valence-corrected chi connectivity index (χ4v) is 3.85. The van der Waals surface area contributed by atoms with E-state index in [1.54, 1.807) is 48.5 Å². The highest BCUT2D eigenvalue weighted by Gasteiger charge is 2.32. The molecule has 0 atom stereocenters. The predicted molar refractivity (Wildman–Crippen MR) is 95.1 cm³/mol. The zero-order valence-electron chi connectivity index (χ0n) is 12.6. The molecule has 0 aliphatic carbocycles. The Kier molecular flexibility index (Phi) is 5.59. The Labute approximate surface area is 145 Å². The van der Waals surface area contributed by atoms with E-state index in [2.05, 4.69) is 0 Å². The van der Waals surface area contributed by atoms with Gasteiger partial charge >= 0.3 is 7.82 Å². The van der Waals surface area contributed by atoms with Crippen LogP contribution in [0.25, 0.3) is 0 Å². The third-order valence-electron chi connectivity index (χ3n) is 2.89. The quantitative estimate of drug-likeness (QED) is 0.384. The zero-order chi connectivity index (χ0) is 16.7. The van der Waals surface area contributed by atoms with E-state index in [-0.39, 0.29) is 0 Å². The first kappa shape index (κ1) is 16.7. The second-order valence-corrected chi connectivity index (χ2v) is 7.22. The normalized spacial score (nSPS) is 11.0. The third kappa shape index (κ3) is 4.90. The summed E-state index contributed by atoms with van der Waals surface area (Å²) < 4.78 is 29.5. The average Bonchev–Trinajstić information content (AvgIpc) is 2.63. The molecule has 0 aromatic heterocycles. The SMILES string of the molecule is O=P(OSc1ccccc1)(Oc1ccccc1)Oc1ccccc1. The maximum absolute atomic E-state index is 13.0. The van der Waals surface area contributed by atoms with Crippen molar-refractivity contribution in [2.75, 3.05) is 0 Å². The Morgan fingerprint density at radius 2 is 1.04 bits per heavy atom. The van der Waals surface area contributed by atoms with Crippen molar-refractivity contribution in [3.05, 3.63) is 91.0 Å². The van der Waals surface area contributed by atoms with E-state index < -0.39 is 7.82 Å². The van der Waals surface area contributed by atoms with Crippen LogP contribution in [0, 0.1) is 0 Å². The lowest BCUT2D eigenvalue weighted by Gasteiger charge is -2.18. The van der Waals surface area contributed by atoms with Gasteiger partial charge in [0.25, 0.3) is 0 Å². The predicted octanol–water partition coefficient (Wildman–Crippen LogP) is 5.98. The lowest BCUT2D eigenvalue weighted by molar-refractivity contribution is 0.314. The van der Waals surface area contributed by atoms with Crippen LogP contribution in [0.3, 0.4) is 0 Å². The van der Waals surface area contributed by atoms with Crippen LogP contribution in [0.5, 0.6) is 11.5 Å². The number of phosphoric ester groups is 1. The van der Waals surface area contributed by atoms with E-state index in [4.69, 9.17) is 13.0 Å². The molecule has 24 heavy (non-hydrogen) atoms. The number of hydrogen-bond donors (Lipinski definition) is 0. The third-order valence-corrected chi connectivity index (χ3v) is 5.25. The average molecular weight is 358 g/mol. The van der Waals surface area contributed by atoms with Gasteiger partial charge < -0.3 is 9.05 Å². The summed E-state index contributed by atoms with van der Waals surface area (Å²) in [7, 11) is -3.87. The summed E-state index contributed by atoms with van der Waals surface area (Å²) in [5.41, 5.74) is 0. The summed E-state index contributed by atoms with van der Waals surface area (Å²) in [6.07, 6.45) is 0. The van der Waals surface area contributed by atoms with E-state index in [1.807, 2.05) is 42.5 Å². The van der Waals surface area contributed by atoms with Gasteiger partial charge in [-0.3, -0.25) is 0 Å². The summed E-state index contributed by atoms with van der Waals surface area (Å²) >= 11 is 0.953. The molecule has 4 nitrogen and oxygen atoms in total. The topological polar surface area (TPSA) is 44.8 Å². The largest absolute Gasteiger partial charge is 0.599 e. The number of para-hydroxylation sites is 2. The smallest absolute Gasteiger partial charge is 0.394 e. The van der Waals surface area contributed by atoms with Crippen molar-refractivity contribution in [2.24, 2.45) is 0 Å². The van der Waals surface area contributed by atoms with Crippen molar-refractivity contribution < 1.29 is 17.6 Å². The molecule has 0 aliphatic rings. The molecule has 0 aliphatic heterocycles. The number of benzene rings is 3. The molecule has 0 amide bonds. The van der Waals surface area contributed by atoms with Gasteiger partial charge in [-0.2, -0.15) is 3.97 Å². The van der Waals surface area contributed by atoms with Gasteiger partial charge in [-0.05, 0) is 36.4 Å². The molecule has 3 rings (SSSR count). The van der Waals surface area contributed by atoms with Gasteiger partial charge in [-0.25, -0.2) is 4.57 Å². The summed E-state index contributed by atoms with van der Waals surface area (Å²) in [4.78, 5) is 0.797. The molecule has 0 radical (unpaired) electrons. The summed E-state index contributed by atoms with van der Waals surface area (Å²) in [6.45, 7) is 0. The Balaban J connectivity index is 1.78. The first-order valence-electron chi connectivity index (χ1n) is 7.24. The standard InChI is InChI=1S/C18H15O4PS/c19-23(20-16-10-4-1-5-11-16,21-17-12-6-2-7-13-17)22-24-18-14-8-3-9-15-18/h1-15H. The lowest BCUT2D eigenvalue weighted by Crippen LogP contribution is -2.02. The maximum atomic E-state index is 13.0. The van der Waals surface area contributed by atoms with Crippen molar-refractivity contribution in [3.63, 3.8) is 0 Å². The molecule has 3 aromatic rings. The van der Waals surface area contributed by atoms with Crippen LogP contribution in [0.15, 0.2) is 95.9 Å². The minimum Gasteiger partial charge on any atom is -0.394 e. The van der Waals surface area contributed by atoms with Crippen LogP contribution in [-0.2, 0) is 8.54 Å². The fraction of sp³-hybridized carbons (Fsp3) is 0. The van der Waals surface area contributed by atoms with Crippen LogP contribution in [-0.4, -0.2) is 0 Å². The summed E-state index contributed by atoms with van der Waals surface area (Å²) in [5, 5.41) is 0. The molecule has 122 valence electrons. The summed E-state index contributed by atoms with van der Waals surface area (Å²) in [6, 6.07) is 26.9. The Bertz CT molecular complexity index is 752. The van der Waals surface area contributed by atoms with Crippen molar-refractivity contribution in [1.82, 2.24) is 0 Å². The second kappa shape index (κ2) is 8.06. The molecule has 0 heterocycles. The maximum Gasteiger partial charge on any atom is 0.599 e. The van der Waals surface area contributed by atoms with E-state index >= 15 is 0 Å². The summed E-state index contributed by atoms with van der Waals surface area (Å²) in [5.74, 6) is 0.816. The van der Waals surface area contributed by atoms with Crippen LogP contribution in [0.2, 0.25) is 0 Å². The fourth-order valence-electron chi connectivity index (χ4n) is 1.83. The van der Waals surface area contributed by atoms with Crippen LogP contribution >= 0.6 is 19.9 Å². The van der Waals surface area contributed by atoms with E-state index in [0.717, 1.165) is 16.9 Å². The van der Waals surface area contributed by atoms with Gasteiger partial charge in [-0.1, -0.05) is 54.6 Å².